The summed E-state index contributed by atoms with van der Waals surface area (Å²) in [6.07, 6.45) is 5.67. The molecule has 1 saturated carbocycles. The first-order valence-electron chi connectivity index (χ1n) is 7.12. The Morgan fingerprint density at radius 1 is 1.37 bits per heavy atom. The number of alkyl halides is 1. The highest BCUT2D eigenvalue weighted by atomic mass is 127. The molecule has 106 valence electrons. The second kappa shape index (κ2) is 7.99. The van der Waals surface area contributed by atoms with Crippen LogP contribution in [0.15, 0.2) is 28.7 Å². The van der Waals surface area contributed by atoms with Crippen LogP contribution in [0.1, 0.15) is 44.3 Å². The second-order valence-corrected chi connectivity index (χ2v) is 7.37. The van der Waals surface area contributed by atoms with Gasteiger partial charge in [0.2, 0.25) is 0 Å². The molecule has 0 spiro atoms. The third-order valence-corrected chi connectivity index (χ3v) is 5.49. The summed E-state index contributed by atoms with van der Waals surface area (Å²) in [5.41, 5.74) is 1.28. The quantitative estimate of drug-likeness (QED) is 0.420. The highest BCUT2D eigenvalue weighted by Crippen LogP contribution is 2.32. The minimum Gasteiger partial charge on any atom is -0.372 e. The lowest BCUT2D eigenvalue weighted by Gasteiger charge is -2.28. The van der Waals surface area contributed by atoms with Gasteiger partial charge in [0.1, 0.15) is 0 Å². The van der Waals surface area contributed by atoms with Crippen molar-refractivity contribution in [2.24, 2.45) is 11.8 Å². The topological polar surface area (TPSA) is 9.23 Å². The van der Waals surface area contributed by atoms with Crippen molar-refractivity contribution in [1.29, 1.82) is 0 Å². The van der Waals surface area contributed by atoms with Gasteiger partial charge in [0.25, 0.3) is 0 Å². The van der Waals surface area contributed by atoms with Crippen LogP contribution < -0.4 is 0 Å². The van der Waals surface area contributed by atoms with E-state index in [2.05, 4.69) is 69.7 Å². The molecule has 3 unspecified atom stereocenters. The van der Waals surface area contributed by atoms with E-state index in [0.29, 0.717) is 0 Å². The zero-order valence-electron chi connectivity index (χ0n) is 11.4. The molecular formula is C16H22BrIO. The molecule has 1 aliphatic rings. The summed E-state index contributed by atoms with van der Waals surface area (Å²) in [6.45, 7) is 3.29. The number of hydrogen-bond acceptors (Lipinski definition) is 1. The summed E-state index contributed by atoms with van der Waals surface area (Å²) in [6, 6.07) is 8.41. The summed E-state index contributed by atoms with van der Waals surface area (Å²) < 4.78 is 8.37. The lowest BCUT2D eigenvalue weighted by molar-refractivity contribution is 0.0285. The van der Waals surface area contributed by atoms with Crippen molar-refractivity contribution in [2.45, 2.75) is 38.7 Å². The second-order valence-electron chi connectivity index (χ2n) is 5.64. The molecule has 2 rings (SSSR count). The van der Waals surface area contributed by atoms with Gasteiger partial charge in [0.15, 0.2) is 0 Å². The van der Waals surface area contributed by atoms with Gasteiger partial charge in [-0.05, 0) is 36.3 Å². The Morgan fingerprint density at radius 3 is 2.84 bits per heavy atom. The predicted molar refractivity (Wildman–Crippen MR) is 92.8 cm³/mol. The van der Waals surface area contributed by atoms with E-state index >= 15 is 0 Å². The molecule has 0 radical (unpaired) electrons. The van der Waals surface area contributed by atoms with Crippen LogP contribution in [-0.2, 0) is 4.74 Å². The van der Waals surface area contributed by atoms with Crippen LogP contribution in [0.4, 0.5) is 0 Å². The highest BCUT2D eigenvalue weighted by molar-refractivity contribution is 14.1. The molecule has 1 aromatic carbocycles. The van der Waals surface area contributed by atoms with Gasteiger partial charge in [-0.3, -0.25) is 0 Å². The standard InChI is InChI=1S/C16H22BrIO/c1-12-5-4-6-13(9-12)11-19-16(10-18)14-7-2-3-8-15(14)17/h2-3,7-8,12-13,16H,4-6,9-11H2,1H3. The summed E-state index contributed by atoms with van der Waals surface area (Å²) in [5, 5.41) is 0. The van der Waals surface area contributed by atoms with Gasteiger partial charge >= 0.3 is 0 Å². The molecule has 0 aliphatic heterocycles. The van der Waals surface area contributed by atoms with Crippen LogP contribution in [0, 0.1) is 11.8 Å². The van der Waals surface area contributed by atoms with Crippen molar-refractivity contribution < 1.29 is 4.74 Å². The van der Waals surface area contributed by atoms with Crippen LogP contribution in [0.25, 0.3) is 0 Å². The van der Waals surface area contributed by atoms with Crippen molar-refractivity contribution in [2.75, 3.05) is 11.0 Å². The van der Waals surface area contributed by atoms with Gasteiger partial charge in [-0.2, -0.15) is 0 Å². The van der Waals surface area contributed by atoms with Crippen molar-refractivity contribution >= 4 is 38.5 Å². The van der Waals surface area contributed by atoms with Gasteiger partial charge in [0.05, 0.1) is 12.7 Å². The average molecular weight is 437 g/mol. The average Bonchev–Trinajstić information content (AvgIpc) is 2.41. The Kier molecular flexibility index (Phi) is 6.63. The van der Waals surface area contributed by atoms with E-state index in [1.807, 2.05) is 0 Å². The Balaban J connectivity index is 1.91. The molecule has 0 N–H and O–H groups in total. The van der Waals surface area contributed by atoms with Gasteiger partial charge < -0.3 is 4.74 Å². The largest absolute Gasteiger partial charge is 0.372 e. The zero-order chi connectivity index (χ0) is 13.7. The van der Waals surface area contributed by atoms with Crippen LogP contribution >= 0.6 is 38.5 Å². The Morgan fingerprint density at radius 2 is 2.16 bits per heavy atom. The van der Waals surface area contributed by atoms with Crippen molar-refractivity contribution in [3.05, 3.63) is 34.3 Å². The summed E-state index contributed by atoms with van der Waals surface area (Å²) in [4.78, 5) is 0. The van der Waals surface area contributed by atoms with E-state index in [9.17, 15) is 0 Å². The Bertz CT molecular complexity index is 396. The minimum absolute atomic E-state index is 0.216. The molecule has 3 heteroatoms. The molecular weight excluding hydrogens is 415 g/mol. The SMILES string of the molecule is CC1CCCC(COC(CI)c2ccccc2Br)C1. The van der Waals surface area contributed by atoms with E-state index in [4.69, 9.17) is 4.74 Å². The zero-order valence-corrected chi connectivity index (χ0v) is 15.2. The Labute approximate surface area is 138 Å². The summed E-state index contributed by atoms with van der Waals surface area (Å²) in [7, 11) is 0. The Hall–Kier alpha value is 0.390. The molecule has 0 bridgehead atoms. The molecule has 0 heterocycles. The molecule has 1 fully saturated rings. The van der Waals surface area contributed by atoms with Crippen molar-refractivity contribution in [3.63, 3.8) is 0 Å². The fourth-order valence-electron chi connectivity index (χ4n) is 2.92. The van der Waals surface area contributed by atoms with Crippen LogP contribution in [-0.4, -0.2) is 11.0 Å². The first-order valence-corrected chi connectivity index (χ1v) is 9.44. The number of halogens is 2. The highest BCUT2D eigenvalue weighted by Gasteiger charge is 2.21. The smallest absolute Gasteiger partial charge is 0.0925 e. The van der Waals surface area contributed by atoms with Crippen LogP contribution in [0.5, 0.6) is 0 Å². The predicted octanol–water partition coefficient (Wildman–Crippen LogP) is 5.77. The number of benzene rings is 1. The molecule has 0 aromatic heterocycles. The summed E-state index contributed by atoms with van der Waals surface area (Å²) >= 11 is 6.05. The van der Waals surface area contributed by atoms with Gasteiger partial charge in [-0.25, -0.2) is 0 Å². The van der Waals surface area contributed by atoms with Gasteiger partial charge in [-0.1, -0.05) is 76.5 Å². The minimum atomic E-state index is 0.216. The number of ether oxygens (including phenoxy) is 1. The van der Waals surface area contributed by atoms with E-state index in [1.165, 1.54) is 31.2 Å². The van der Waals surface area contributed by atoms with Crippen molar-refractivity contribution in [1.82, 2.24) is 0 Å². The fraction of sp³-hybridized carbons (Fsp3) is 0.625. The monoisotopic (exact) mass is 436 g/mol. The molecule has 1 nitrogen and oxygen atoms in total. The van der Waals surface area contributed by atoms with E-state index in [0.717, 1.165) is 27.3 Å². The first kappa shape index (κ1) is 15.8. The molecule has 1 aromatic rings. The lowest BCUT2D eigenvalue weighted by atomic mass is 9.83. The third-order valence-electron chi connectivity index (χ3n) is 3.97. The molecule has 0 saturated heterocycles. The van der Waals surface area contributed by atoms with E-state index in [1.54, 1.807) is 0 Å². The maximum absolute atomic E-state index is 6.21. The maximum atomic E-state index is 6.21. The lowest BCUT2D eigenvalue weighted by Crippen LogP contribution is -2.20. The third kappa shape index (κ3) is 4.71. The van der Waals surface area contributed by atoms with E-state index < -0.39 is 0 Å². The molecule has 1 aliphatic carbocycles. The number of hydrogen-bond donors (Lipinski definition) is 0. The van der Waals surface area contributed by atoms with Crippen molar-refractivity contribution in [3.8, 4) is 0 Å². The molecule has 0 amide bonds. The number of rotatable bonds is 5. The summed E-state index contributed by atoms with van der Waals surface area (Å²) in [5.74, 6) is 1.64. The normalized spacial score (nSPS) is 25.2. The molecule has 3 atom stereocenters. The maximum Gasteiger partial charge on any atom is 0.0925 e. The first-order chi connectivity index (χ1) is 9.20. The van der Waals surface area contributed by atoms with E-state index in [-0.39, 0.29) is 6.10 Å². The van der Waals surface area contributed by atoms with Gasteiger partial charge in [-0.15, -0.1) is 0 Å². The van der Waals surface area contributed by atoms with Crippen LogP contribution in [0.2, 0.25) is 0 Å². The van der Waals surface area contributed by atoms with Gasteiger partial charge in [0, 0.05) is 8.90 Å². The van der Waals surface area contributed by atoms with Crippen LogP contribution in [0.3, 0.4) is 0 Å². The molecule has 19 heavy (non-hydrogen) atoms. The fourth-order valence-corrected chi connectivity index (χ4v) is 4.19.